The van der Waals surface area contributed by atoms with Crippen LogP contribution in [0.3, 0.4) is 0 Å². The molecule has 3 rings (SSSR count). The monoisotopic (exact) mass is 222 g/mol. The van der Waals surface area contributed by atoms with Crippen molar-refractivity contribution in [2.24, 2.45) is 5.92 Å². The highest BCUT2D eigenvalue weighted by Crippen LogP contribution is 2.30. The van der Waals surface area contributed by atoms with E-state index in [1.54, 1.807) is 0 Å². The zero-order valence-corrected chi connectivity index (χ0v) is 9.80. The van der Waals surface area contributed by atoms with Gasteiger partial charge in [0.2, 0.25) is 0 Å². The highest BCUT2D eigenvalue weighted by Gasteiger charge is 2.29. The molecule has 2 aliphatic heterocycles. The van der Waals surface area contributed by atoms with Crippen molar-refractivity contribution in [3.05, 3.63) is 22.4 Å². The van der Waals surface area contributed by atoms with Crippen molar-refractivity contribution in [3.63, 3.8) is 0 Å². The molecule has 0 aromatic carbocycles. The molecule has 0 radical (unpaired) electrons. The Morgan fingerprint density at radius 1 is 1.40 bits per heavy atom. The third-order valence-electron chi connectivity index (χ3n) is 3.63. The fourth-order valence-electron chi connectivity index (χ4n) is 2.86. The molecule has 1 N–H and O–H groups in total. The molecular weight excluding hydrogens is 204 g/mol. The van der Waals surface area contributed by atoms with Gasteiger partial charge < -0.3 is 5.32 Å². The van der Waals surface area contributed by atoms with E-state index in [4.69, 9.17) is 0 Å². The van der Waals surface area contributed by atoms with Crippen LogP contribution in [0.15, 0.2) is 17.5 Å². The van der Waals surface area contributed by atoms with Crippen LogP contribution in [0.25, 0.3) is 0 Å². The second kappa shape index (κ2) is 4.24. The fraction of sp³-hybridized carbons (Fsp3) is 0.667. The van der Waals surface area contributed by atoms with Gasteiger partial charge in [0.1, 0.15) is 0 Å². The molecule has 1 aromatic rings. The lowest BCUT2D eigenvalue weighted by Gasteiger charge is -2.34. The van der Waals surface area contributed by atoms with E-state index in [1.165, 1.54) is 37.4 Å². The van der Waals surface area contributed by atoms with Gasteiger partial charge >= 0.3 is 0 Å². The van der Waals surface area contributed by atoms with Crippen molar-refractivity contribution < 1.29 is 0 Å². The van der Waals surface area contributed by atoms with Gasteiger partial charge in [-0.15, -0.1) is 11.3 Å². The summed E-state index contributed by atoms with van der Waals surface area (Å²) >= 11 is 1.90. The number of rotatable bonds is 1. The van der Waals surface area contributed by atoms with Crippen molar-refractivity contribution in [3.8, 4) is 0 Å². The molecule has 3 heterocycles. The Bertz CT molecular complexity index is 309. The Hall–Kier alpha value is -0.380. The quantitative estimate of drug-likeness (QED) is 0.783. The van der Waals surface area contributed by atoms with E-state index in [2.05, 4.69) is 27.7 Å². The largest absolute Gasteiger partial charge is 0.314 e. The molecule has 3 heteroatoms. The van der Waals surface area contributed by atoms with Gasteiger partial charge in [-0.25, -0.2) is 0 Å². The summed E-state index contributed by atoms with van der Waals surface area (Å²) in [7, 11) is 0. The summed E-state index contributed by atoms with van der Waals surface area (Å²) in [4.78, 5) is 4.21. The predicted octanol–water partition coefficient (Wildman–Crippen LogP) is 2.10. The van der Waals surface area contributed by atoms with Crippen molar-refractivity contribution in [2.75, 3.05) is 26.2 Å². The normalized spacial score (nSPS) is 36.1. The van der Waals surface area contributed by atoms with Crippen molar-refractivity contribution in [1.82, 2.24) is 10.2 Å². The van der Waals surface area contributed by atoms with Gasteiger partial charge in [0, 0.05) is 18.0 Å². The fourth-order valence-corrected chi connectivity index (χ4v) is 3.72. The van der Waals surface area contributed by atoms with Crippen LogP contribution in [0.2, 0.25) is 0 Å². The average molecular weight is 222 g/mol. The van der Waals surface area contributed by atoms with Gasteiger partial charge in [-0.3, -0.25) is 4.90 Å². The van der Waals surface area contributed by atoms with E-state index in [-0.39, 0.29) is 0 Å². The van der Waals surface area contributed by atoms with E-state index in [0.29, 0.717) is 6.04 Å². The summed E-state index contributed by atoms with van der Waals surface area (Å²) in [5.41, 5.74) is 0. The van der Waals surface area contributed by atoms with Gasteiger partial charge in [-0.05, 0) is 43.3 Å². The summed E-state index contributed by atoms with van der Waals surface area (Å²) in [6, 6.07) is 5.09. The van der Waals surface area contributed by atoms with Crippen molar-refractivity contribution in [2.45, 2.75) is 18.9 Å². The van der Waals surface area contributed by atoms with Gasteiger partial charge in [-0.1, -0.05) is 6.07 Å². The molecule has 2 saturated heterocycles. The van der Waals surface area contributed by atoms with Crippen LogP contribution in [0.1, 0.15) is 23.8 Å². The molecule has 82 valence electrons. The van der Waals surface area contributed by atoms with Crippen LogP contribution in [0, 0.1) is 5.92 Å². The molecule has 1 aromatic heterocycles. The molecule has 0 saturated carbocycles. The number of nitrogens with zero attached hydrogens (tertiary/aromatic N) is 1. The first-order valence-electron chi connectivity index (χ1n) is 5.91. The van der Waals surface area contributed by atoms with Crippen molar-refractivity contribution in [1.29, 1.82) is 0 Å². The minimum Gasteiger partial charge on any atom is -0.314 e. The predicted molar refractivity (Wildman–Crippen MR) is 64.2 cm³/mol. The lowest BCUT2D eigenvalue weighted by molar-refractivity contribution is 0.149. The average Bonchev–Trinajstić information content (AvgIpc) is 2.74. The Labute approximate surface area is 95.3 Å². The SMILES string of the molecule is c1csc(C2CNCC3CCCN2C3)c1. The van der Waals surface area contributed by atoms with Crippen molar-refractivity contribution >= 4 is 11.3 Å². The molecule has 2 fully saturated rings. The molecule has 0 aliphatic carbocycles. The van der Waals surface area contributed by atoms with Crippen LogP contribution in [-0.2, 0) is 0 Å². The van der Waals surface area contributed by atoms with E-state index in [9.17, 15) is 0 Å². The number of piperidine rings is 1. The lowest BCUT2D eigenvalue weighted by atomic mass is 9.98. The topological polar surface area (TPSA) is 15.3 Å². The molecule has 15 heavy (non-hydrogen) atoms. The highest BCUT2D eigenvalue weighted by molar-refractivity contribution is 7.10. The number of hydrogen-bond donors (Lipinski definition) is 1. The number of fused-ring (bicyclic) bond motifs is 2. The Morgan fingerprint density at radius 2 is 2.40 bits per heavy atom. The molecular formula is C12H18N2S. The molecule has 2 bridgehead atoms. The summed E-state index contributed by atoms with van der Waals surface area (Å²) in [6.45, 7) is 4.95. The van der Waals surface area contributed by atoms with E-state index < -0.39 is 0 Å². The summed E-state index contributed by atoms with van der Waals surface area (Å²) in [5.74, 6) is 0.892. The van der Waals surface area contributed by atoms with Gasteiger partial charge in [0.05, 0.1) is 6.04 Å². The maximum atomic E-state index is 3.62. The molecule has 0 spiro atoms. The maximum Gasteiger partial charge on any atom is 0.0566 e. The Balaban J connectivity index is 1.82. The molecule has 3 unspecified atom stereocenters. The van der Waals surface area contributed by atoms with Crippen LogP contribution in [-0.4, -0.2) is 31.1 Å². The standard InChI is InChI=1S/C12H18N2S/c1-3-10-7-13-8-11(14(5-1)9-10)12-4-2-6-15-12/h2,4,6,10-11,13H,1,3,5,7-9H2. The lowest BCUT2D eigenvalue weighted by Crippen LogP contribution is -2.37. The van der Waals surface area contributed by atoms with Gasteiger partial charge in [0.25, 0.3) is 0 Å². The molecule has 3 atom stereocenters. The highest BCUT2D eigenvalue weighted by atomic mass is 32.1. The summed E-state index contributed by atoms with van der Waals surface area (Å²) in [6.07, 6.45) is 2.80. The second-order valence-corrected chi connectivity index (χ2v) is 5.67. The molecule has 0 amide bonds. The minimum absolute atomic E-state index is 0.635. The second-order valence-electron chi connectivity index (χ2n) is 4.69. The number of hydrogen-bond acceptors (Lipinski definition) is 3. The number of thiophene rings is 1. The Kier molecular flexibility index (Phi) is 2.77. The third-order valence-corrected chi connectivity index (χ3v) is 4.61. The first-order valence-corrected chi connectivity index (χ1v) is 6.79. The van der Waals surface area contributed by atoms with Gasteiger partial charge in [0.15, 0.2) is 0 Å². The maximum absolute atomic E-state index is 3.62. The first-order chi connectivity index (χ1) is 7.43. The minimum atomic E-state index is 0.635. The zero-order valence-electron chi connectivity index (χ0n) is 8.98. The van der Waals surface area contributed by atoms with Crippen LogP contribution in [0.4, 0.5) is 0 Å². The Morgan fingerprint density at radius 3 is 3.27 bits per heavy atom. The summed E-state index contributed by atoms with van der Waals surface area (Å²) in [5, 5.41) is 5.82. The van der Waals surface area contributed by atoms with E-state index in [0.717, 1.165) is 12.5 Å². The smallest absolute Gasteiger partial charge is 0.0566 e. The van der Waals surface area contributed by atoms with E-state index >= 15 is 0 Å². The molecule has 2 aliphatic rings. The zero-order chi connectivity index (χ0) is 10.1. The third kappa shape index (κ3) is 1.96. The van der Waals surface area contributed by atoms with Gasteiger partial charge in [-0.2, -0.15) is 0 Å². The van der Waals surface area contributed by atoms with E-state index in [1.807, 2.05) is 11.3 Å². The van der Waals surface area contributed by atoms with Crippen LogP contribution in [0.5, 0.6) is 0 Å². The first kappa shape index (κ1) is 9.82. The number of nitrogens with one attached hydrogen (secondary N) is 1. The van der Waals surface area contributed by atoms with Crippen LogP contribution < -0.4 is 5.32 Å². The summed E-state index contributed by atoms with van der Waals surface area (Å²) < 4.78 is 0. The molecule has 2 nitrogen and oxygen atoms in total. The van der Waals surface area contributed by atoms with Crippen LogP contribution >= 0.6 is 11.3 Å².